The number of pyridine rings is 1. The highest BCUT2D eigenvalue weighted by atomic mass is 35.5. The van der Waals surface area contributed by atoms with E-state index in [4.69, 9.17) is 21.3 Å². The fourth-order valence-corrected chi connectivity index (χ4v) is 5.27. The van der Waals surface area contributed by atoms with Gasteiger partial charge in [0.2, 0.25) is 11.8 Å². The predicted octanol–water partition coefficient (Wildman–Crippen LogP) is 4.51. The SMILES string of the molecule is Cc1cc(-c2ncnn2C)c2cccc(OCc3c(Cl)cc(F)cc3[C@H](C)N3CC(=O)NC(C)(C)C3=O)c2n1. The minimum atomic E-state index is -1.08. The number of nitrogens with zero attached hydrogens (tertiary/aromatic N) is 5. The number of amides is 2. The number of hydrogen-bond acceptors (Lipinski definition) is 6. The van der Waals surface area contributed by atoms with Crippen LogP contribution in [0.5, 0.6) is 5.75 Å². The summed E-state index contributed by atoms with van der Waals surface area (Å²) in [7, 11) is 1.82. The lowest BCUT2D eigenvalue weighted by atomic mass is 9.95. The average Bonchev–Trinajstić information content (AvgIpc) is 3.29. The number of halogens is 2. The van der Waals surface area contributed by atoms with Crippen molar-refractivity contribution in [1.29, 1.82) is 0 Å². The number of para-hydroxylation sites is 1. The van der Waals surface area contributed by atoms with Gasteiger partial charge in [-0.05, 0) is 57.5 Å². The first-order valence-electron chi connectivity index (χ1n) is 12.4. The number of nitrogens with one attached hydrogen (secondary N) is 1. The molecule has 202 valence electrons. The maximum atomic E-state index is 14.6. The molecule has 1 N–H and O–H groups in total. The molecule has 1 saturated heterocycles. The monoisotopic (exact) mass is 550 g/mol. The molecule has 3 heterocycles. The van der Waals surface area contributed by atoms with E-state index in [-0.39, 0.29) is 30.0 Å². The van der Waals surface area contributed by atoms with Crippen LogP contribution >= 0.6 is 11.6 Å². The Bertz CT molecular complexity index is 1620. The molecule has 0 unspecified atom stereocenters. The van der Waals surface area contributed by atoms with Gasteiger partial charge in [-0.1, -0.05) is 23.7 Å². The zero-order valence-corrected chi connectivity index (χ0v) is 23.0. The summed E-state index contributed by atoms with van der Waals surface area (Å²) >= 11 is 6.52. The Hall–Kier alpha value is -4.05. The molecule has 1 fully saturated rings. The van der Waals surface area contributed by atoms with Crippen LogP contribution in [-0.4, -0.2) is 48.5 Å². The molecule has 0 spiro atoms. The van der Waals surface area contributed by atoms with Crippen molar-refractivity contribution in [3.05, 3.63) is 70.4 Å². The number of fused-ring (bicyclic) bond motifs is 1. The van der Waals surface area contributed by atoms with E-state index in [1.54, 1.807) is 31.5 Å². The highest BCUT2D eigenvalue weighted by Crippen LogP contribution is 2.35. The van der Waals surface area contributed by atoms with Gasteiger partial charge >= 0.3 is 0 Å². The van der Waals surface area contributed by atoms with Crippen LogP contribution in [0.4, 0.5) is 4.39 Å². The van der Waals surface area contributed by atoms with E-state index in [9.17, 15) is 14.0 Å². The Morgan fingerprint density at radius 2 is 2.00 bits per heavy atom. The number of carbonyl (C=O) groups excluding carboxylic acids is 2. The molecular formula is C28H28ClFN6O3. The Kier molecular flexibility index (Phi) is 6.76. The fourth-order valence-electron chi connectivity index (χ4n) is 5.00. The summed E-state index contributed by atoms with van der Waals surface area (Å²) in [6, 6.07) is 9.45. The first-order chi connectivity index (χ1) is 18.5. The molecular weight excluding hydrogens is 523 g/mol. The largest absolute Gasteiger partial charge is 0.487 e. The molecule has 1 aliphatic rings. The van der Waals surface area contributed by atoms with Crippen LogP contribution in [0, 0.1) is 12.7 Å². The van der Waals surface area contributed by atoms with Crippen LogP contribution in [0.25, 0.3) is 22.3 Å². The standard InChI is InChI=1S/C28H28ClFN6O3/c1-15-9-20(26-31-14-32-35(26)5)18-7-6-8-23(25(18)33-15)39-13-21-19(10-17(30)11-22(21)29)16(2)36-12-24(37)34-28(3,4)27(36)38/h6-11,14,16H,12-13H2,1-5H3,(H,34,37)/t16-/m0/s1. The molecule has 11 heteroatoms. The van der Waals surface area contributed by atoms with Gasteiger partial charge in [0, 0.05) is 29.3 Å². The highest BCUT2D eigenvalue weighted by molar-refractivity contribution is 6.31. The van der Waals surface area contributed by atoms with Crippen molar-refractivity contribution in [2.45, 2.75) is 45.9 Å². The lowest BCUT2D eigenvalue weighted by Crippen LogP contribution is -2.64. The van der Waals surface area contributed by atoms with Gasteiger partial charge in [-0.2, -0.15) is 5.10 Å². The third-order valence-electron chi connectivity index (χ3n) is 6.93. The summed E-state index contributed by atoms with van der Waals surface area (Å²) in [6.45, 7) is 6.76. The maximum absolute atomic E-state index is 14.6. The van der Waals surface area contributed by atoms with E-state index in [0.717, 1.165) is 16.6 Å². The van der Waals surface area contributed by atoms with Crippen molar-refractivity contribution in [2.24, 2.45) is 7.05 Å². The molecule has 9 nitrogen and oxygen atoms in total. The number of benzene rings is 2. The van der Waals surface area contributed by atoms with Crippen LogP contribution in [-0.2, 0) is 23.2 Å². The van der Waals surface area contributed by atoms with Gasteiger partial charge in [0.05, 0.1) is 11.1 Å². The van der Waals surface area contributed by atoms with Crippen LogP contribution in [0.15, 0.2) is 42.7 Å². The Morgan fingerprint density at radius 1 is 1.23 bits per heavy atom. The van der Waals surface area contributed by atoms with Crippen molar-refractivity contribution in [3.63, 3.8) is 0 Å². The first kappa shape index (κ1) is 26.6. The summed E-state index contributed by atoms with van der Waals surface area (Å²) in [5.74, 6) is 0.0933. The predicted molar refractivity (Wildman–Crippen MR) is 145 cm³/mol. The van der Waals surface area contributed by atoms with Crippen molar-refractivity contribution in [3.8, 4) is 17.1 Å². The second-order valence-corrected chi connectivity index (χ2v) is 10.6. The Morgan fingerprint density at radius 3 is 2.72 bits per heavy atom. The normalized spacial score (nSPS) is 15.9. The summed E-state index contributed by atoms with van der Waals surface area (Å²) in [5.41, 5.74) is 2.16. The van der Waals surface area contributed by atoms with Gasteiger partial charge < -0.3 is 15.0 Å². The van der Waals surface area contributed by atoms with E-state index in [2.05, 4.69) is 15.4 Å². The summed E-state index contributed by atoms with van der Waals surface area (Å²) in [4.78, 5) is 36.0. The number of aromatic nitrogens is 4. The van der Waals surface area contributed by atoms with Gasteiger partial charge in [0.1, 0.15) is 42.1 Å². The van der Waals surface area contributed by atoms with Crippen LogP contribution in [0.2, 0.25) is 5.02 Å². The second kappa shape index (κ2) is 9.92. The van der Waals surface area contributed by atoms with Gasteiger partial charge in [-0.15, -0.1) is 0 Å². The number of rotatable bonds is 6. The smallest absolute Gasteiger partial charge is 0.248 e. The molecule has 4 aromatic rings. The van der Waals surface area contributed by atoms with Crippen LogP contribution in [0.3, 0.4) is 0 Å². The number of aryl methyl sites for hydroxylation is 2. The molecule has 2 aromatic heterocycles. The maximum Gasteiger partial charge on any atom is 0.248 e. The average molecular weight is 551 g/mol. The fraction of sp³-hybridized carbons (Fsp3) is 0.321. The van der Waals surface area contributed by atoms with Crippen LogP contribution in [0.1, 0.15) is 43.6 Å². The van der Waals surface area contributed by atoms with Gasteiger partial charge in [-0.25, -0.2) is 19.0 Å². The number of carbonyl (C=O) groups is 2. The summed E-state index contributed by atoms with van der Waals surface area (Å²) in [6.07, 6.45) is 1.49. The number of hydrogen-bond donors (Lipinski definition) is 1. The molecule has 2 aromatic carbocycles. The quantitative estimate of drug-likeness (QED) is 0.379. The zero-order chi connectivity index (χ0) is 28.1. The van der Waals surface area contributed by atoms with E-state index in [1.807, 2.05) is 32.2 Å². The summed E-state index contributed by atoms with van der Waals surface area (Å²) in [5, 5.41) is 7.87. The van der Waals surface area contributed by atoms with Crippen LogP contribution < -0.4 is 10.1 Å². The second-order valence-electron chi connectivity index (χ2n) is 10.2. The van der Waals surface area contributed by atoms with Gasteiger partial charge in [-0.3, -0.25) is 9.59 Å². The van der Waals surface area contributed by atoms with E-state index >= 15 is 0 Å². The molecule has 5 rings (SSSR count). The van der Waals surface area contributed by atoms with Gasteiger partial charge in [0.15, 0.2) is 5.82 Å². The molecule has 0 aliphatic carbocycles. The van der Waals surface area contributed by atoms with E-state index in [0.29, 0.717) is 28.2 Å². The molecule has 1 atom stereocenters. The Labute approximate surface area is 229 Å². The lowest BCUT2D eigenvalue weighted by Gasteiger charge is -2.41. The molecule has 0 saturated carbocycles. The third-order valence-corrected chi connectivity index (χ3v) is 7.27. The number of ether oxygens (including phenoxy) is 1. The van der Waals surface area contributed by atoms with Crippen molar-refractivity contribution in [1.82, 2.24) is 30.0 Å². The molecule has 39 heavy (non-hydrogen) atoms. The number of piperazine rings is 1. The molecule has 1 aliphatic heterocycles. The molecule has 2 amide bonds. The highest BCUT2D eigenvalue weighted by Gasteiger charge is 2.41. The minimum Gasteiger partial charge on any atom is -0.487 e. The van der Waals surface area contributed by atoms with Crippen molar-refractivity contribution >= 4 is 34.3 Å². The Balaban J connectivity index is 1.52. The zero-order valence-electron chi connectivity index (χ0n) is 22.2. The van der Waals surface area contributed by atoms with Crippen molar-refractivity contribution < 1.29 is 18.7 Å². The van der Waals surface area contributed by atoms with E-state index in [1.165, 1.54) is 23.4 Å². The first-order valence-corrected chi connectivity index (χ1v) is 12.8. The molecule has 0 radical (unpaired) electrons. The topological polar surface area (TPSA) is 102 Å². The molecule has 0 bridgehead atoms. The summed E-state index contributed by atoms with van der Waals surface area (Å²) < 4.78 is 22.5. The lowest BCUT2D eigenvalue weighted by molar-refractivity contribution is -0.150. The minimum absolute atomic E-state index is 0.00949. The van der Waals surface area contributed by atoms with Crippen molar-refractivity contribution in [2.75, 3.05) is 6.54 Å². The third kappa shape index (κ3) is 4.92. The van der Waals surface area contributed by atoms with Gasteiger partial charge in [0.25, 0.3) is 0 Å². The van der Waals surface area contributed by atoms with E-state index < -0.39 is 17.4 Å².